The fourth-order valence-electron chi connectivity index (χ4n) is 2.53. The standard InChI is InChI=1S/C13H18BrNO/c1-8-7-13(2,3)15-11-6-10(14)12(16-4)5-9(8)11/h5-6,8,15H,7H2,1-4H3. The SMILES string of the molecule is COc1cc2c(cc1Br)NC(C)(C)CC2C. The number of benzene rings is 1. The van der Waals surface area contributed by atoms with Gasteiger partial charge in [-0.2, -0.15) is 0 Å². The lowest BCUT2D eigenvalue weighted by atomic mass is 9.82. The van der Waals surface area contributed by atoms with Gasteiger partial charge < -0.3 is 10.1 Å². The van der Waals surface area contributed by atoms with Crippen molar-refractivity contribution in [3.63, 3.8) is 0 Å². The van der Waals surface area contributed by atoms with Gasteiger partial charge in [0.05, 0.1) is 11.6 Å². The summed E-state index contributed by atoms with van der Waals surface area (Å²) in [7, 11) is 1.71. The number of hydrogen-bond acceptors (Lipinski definition) is 2. The zero-order chi connectivity index (χ0) is 11.9. The number of halogens is 1. The Hall–Kier alpha value is -0.700. The van der Waals surface area contributed by atoms with Crippen molar-refractivity contribution in [2.75, 3.05) is 12.4 Å². The molecule has 1 aromatic carbocycles. The molecule has 1 unspecified atom stereocenters. The average Bonchev–Trinajstić information content (AvgIpc) is 2.14. The van der Waals surface area contributed by atoms with Gasteiger partial charge in [-0.1, -0.05) is 6.92 Å². The molecule has 0 bridgehead atoms. The average molecular weight is 284 g/mol. The second kappa shape index (κ2) is 3.95. The molecule has 88 valence electrons. The fraction of sp³-hybridized carbons (Fsp3) is 0.538. The number of methoxy groups -OCH3 is 1. The van der Waals surface area contributed by atoms with Gasteiger partial charge in [-0.3, -0.25) is 0 Å². The van der Waals surface area contributed by atoms with Crippen molar-refractivity contribution in [3.8, 4) is 5.75 Å². The van der Waals surface area contributed by atoms with Crippen LogP contribution in [0.15, 0.2) is 16.6 Å². The molecule has 0 saturated heterocycles. The lowest BCUT2D eigenvalue weighted by Crippen LogP contribution is -2.36. The first kappa shape index (κ1) is 11.8. The van der Waals surface area contributed by atoms with Crippen LogP contribution in [-0.2, 0) is 0 Å². The van der Waals surface area contributed by atoms with Crippen LogP contribution in [0.25, 0.3) is 0 Å². The van der Waals surface area contributed by atoms with Crippen LogP contribution in [0.1, 0.15) is 38.7 Å². The van der Waals surface area contributed by atoms with Crippen molar-refractivity contribution < 1.29 is 4.74 Å². The minimum atomic E-state index is 0.167. The molecule has 16 heavy (non-hydrogen) atoms. The smallest absolute Gasteiger partial charge is 0.133 e. The summed E-state index contributed by atoms with van der Waals surface area (Å²) in [6.45, 7) is 6.75. The number of rotatable bonds is 1. The summed E-state index contributed by atoms with van der Waals surface area (Å²) >= 11 is 3.53. The van der Waals surface area contributed by atoms with E-state index < -0.39 is 0 Å². The Labute approximate surface area is 106 Å². The maximum absolute atomic E-state index is 5.34. The number of fused-ring (bicyclic) bond motifs is 1. The Morgan fingerprint density at radius 2 is 2.12 bits per heavy atom. The number of hydrogen-bond donors (Lipinski definition) is 1. The zero-order valence-electron chi connectivity index (χ0n) is 10.2. The molecular weight excluding hydrogens is 266 g/mol. The Bertz CT molecular complexity index is 415. The quantitative estimate of drug-likeness (QED) is 0.836. The van der Waals surface area contributed by atoms with Crippen molar-refractivity contribution in [2.24, 2.45) is 0 Å². The van der Waals surface area contributed by atoms with Crippen molar-refractivity contribution in [1.82, 2.24) is 0 Å². The van der Waals surface area contributed by atoms with E-state index in [1.807, 2.05) is 0 Å². The van der Waals surface area contributed by atoms with E-state index in [0.29, 0.717) is 5.92 Å². The topological polar surface area (TPSA) is 21.3 Å². The molecule has 0 radical (unpaired) electrons. The first-order valence-electron chi connectivity index (χ1n) is 5.58. The summed E-state index contributed by atoms with van der Waals surface area (Å²) in [6, 6.07) is 4.25. The van der Waals surface area contributed by atoms with Gasteiger partial charge in [0.25, 0.3) is 0 Å². The van der Waals surface area contributed by atoms with Crippen LogP contribution >= 0.6 is 15.9 Å². The minimum absolute atomic E-state index is 0.167. The molecule has 0 aromatic heterocycles. The lowest BCUT2D eigenvalue weighted by molar-refractivity contribution is 0.407. The van der Waals surface area contributed by atoms with Gasteiger partial charge in [-0.15, -0.1) is 0 Å². The molecule has 1 aromatic rings. The van der Waals surface area contributed by atoms with Crippen molar-refractivity contribution in [2.45, 2.75) is 38.6 Å². The molecule has 3 heteroatoms. The van der Waals surface area contributed by atoms with E-state index in [4.69, 9.17) is 4.74 Å². The van der Waals surface area contributed by atoms with Crippen LogP contribution in [-0.4, -0.2) is 12.6 Å². The van der Waals surface area contributed by atoms with Gasteiger partial charge in [-0.25, -0.2) is 0 Å². The number of nitrogens with one attached hydrogen (secondary N) is 1. The fourth-order valence-corrected chi connectivity index (χ4v) is 3.04. The Morgan fingerprint density at radius 1 is 1.44 bits per heavy atom. The molecule has 1 N–H and O–H groups in total. The van der Waals surface area contributed by atoms with Gasteiger partial charge in [0.15, 0.2) is 0 Å². The van der Waals surface area contributed by atoms with Crippen LogP contribution in [0.4, 0.5) is 5.69 Å². The molecule has 1 aliphatic heterocycles. The maximum Gasteiger partial charge on any atom is 0.133 e. The summed E-state index contributed by atoms with van der Waals surface area (Å²) in [6.07, 6.45) is 1.14. The van der Waals surface area contributed by atoms with Crippen LogP contribution in [0.3, 0.4) is 0 Å². The molecule has 0 saturated carbocycles. The third-order valence-electron chi connectivity index (χ3n) is 3.14. The van der Waals surface area contributed by atoms with Gasteiger partial charge in [0.2, 0.25) is 0 Å². The molecule has 2 rings (SSSR count). The van der Waals surface area contributed by atoms with E-state index in [1.165, 1.54) is 11.3 Å². The van der Waals surface area contributed by atoms with Gasteiger partial charge in [-0.05, 0) is 59.8 Å². The van der Waals surface area contributed by atoms with Gasteiger partial charge >= 0.3 is 0 Å². The predicted octanol–water partition coefficient (Wildman–Crippen LogP) is 4.16. The van der Waals surface area contributed by atoms with Crippen molar-refractivity contribution >= 4 is 21.6 Å². The lowest BCUT2D eigenvalue weighted by Gasteiger charge is -2.37. The third-order valence-corrected chi connectivity index (χ3v) is 3.76. The molecule has 1 aliphatic rings. The van der Waals surface area contributed by atoms with Crippen LogP contribution in [0.5, 0.6) is 5.75 Å². The highest BCUT2D eigenvalue weighted by atomic mass is 79.9. The van der Waals surface area contributed by atoms with Crippen molar-refractivity contribution in [1.29, 1.82) is 0 Å². The summed E-state index contributed by atoms with van der Waals surface area (Å²) in [5.41, 5.74) is 2.73. The number of anilines is 1. The molecule has 0 fully saturated rings. The molecule has 0 aliphatic carbocycles. The van der Waals surface area contributed by atoms with E-state index >= 15 is 0 Å². The molecular formula is C13H18BrNO. The van der Waals surface area contributed by atoms with Crippen LogP contribution in [0, 0.1) is 0 Å². The highest BCUT2D eigenvalue weighted by molar-refractivity contribution is 9.10. The van der Waals surface area contributed by atoms with Gasteiger partial charge in [0.1, 0.15) is 5.75 Å². The Balaban J connectivity index is 2.49. The summed E-state index contributed by atoms with van der Waals surface area (Å²) < 4.78 is 6.34. The molecule has 1 atom stereocenters. The van der Waals surface area contributed by atoms with E-state index in [-0.39, 0.29) is 5.54 Å². The molecule has 1 heterocycles. The summed E-state index contributed by atoms with van der Waals surface area (Å²) in [5.74, 6) is 1.47. The minimum Gasteiger partial charge on any atom is -0.496 e. The summed E-state index contributed by atoms with van der Waals surface area (Å²) in [5, 5.41) is 3.57. The molecule has 2 nitrogen and oxygen atoms in total. The van der Waals surface area contributed by atoms with Crippen LogP contribution < -0.4 is 10.1 Å². The Kier molecular flexibility index (Phi) is 2.91. The second-order valence-electron chi connectivity index (χ2n) is 5.19. The third kappa shape index (κ3) is 2.05. The summed E-state index contributed by atoms with van der Waals surface area (Å²) in [4.78, 5) is 0. The van der Waals surface area contributed by atoms with Crippen LogP contribution in [0.2, 0.25) is 0 Å². The first-order valence-corrected chi connectivity index (χ1v) is 6.38. The van der Waals surface area contributed by atoms with Crippen molar-refractivity contribution in [3.05, 3.63) is 22.2 Å². The van der Waals surface area contributed by atoms with E-state index in [1.54, 1.807) is 7.11 Å². The largest absolute Gasteiger partial charge is 0.496 e. The van der Waals surface area contributed by atoms with Gasteiger partial charge in [0, 0.05) is 11.2 Å². The first-order chi connectivity index (χ1) is 7.43. The van der Waals surface area contributed by atoms with E-state index in [2.05, 4.69) is 54.2 Å². The molecule has 0 amide bonds. The maximum atomic E-state index is 5.34. The van der Waals surface area contributed by atoms with E-state index in [9.17, 15) is 0 Å². The highest BCUT2D eigenvalue weighted by Gasteiger charge is 2.29. The highest BCUT2D eigenvalue weighted by Crippen LogP contribution is 2.42. The second-order valence-corrected chi connectivity index (χ2v) is 6.04. The normalized spacial score (nSPS) is 22.2. The Morgan fingerprint density at radius 3 is 2.75 bits per heavy atom. The zero-order valence-corrected chi connectivity index (χ0v) is 11.8. The monoisotopic (exact) mass is 283 g/mol. The predicted molar refractivity (Wildman–Crippen MR) is 71.4 cm³/mol. The molecule has 0 spiro atoms. The number of ether oxygens (including phenoxy) is 1. The van der Waals surface area contributed by atoms with E-state index in [0.717, 1.165) is 16.6 Å².